The van der Waals surface area contributed by atoms with Crippen LogP contribution in [0.3, 0.4) is 0 Å². The van der Waals surface area contributed by atoms with E-state index in [1.165, 1.54) is 16.7 Å². The van der Waals surface area contributed by atoms with Gasteiger partial charge in [-0.15, -0.1) is 0 Å². The molecule has 0 saturated heterocycles. The average molecular weight is 194 g/mol. The van der Waals surface area contributed by atoms with Crippen LogP contribution in [-0.2, 0) is 11.3 Å². The van der Waals surface area contributed by atoms with Crippen molar-refractivity contribution in [2.45, 2.75) is 27.4 Å². The van der Waals surface area contributed by atoms with Gasteiger partial charge in [0.05, 0.1) is 13.7 Å². The highest BCUT2D eigenvalue weighted by Crippen LogP contribution is 2.22. The summed E-state index contributed by atoms with van der Waals surface area (Å²) in [4.78, 5) is 0. The molecule has 0 amide bonds. The fraction of sp³-hybridized carbons (Fsp3) is 0.500. The molecule has 78 valence electrons. The largest absolute Gasteiger partial charge is 0.497 e. The molecule has 0 unspecified atom stereocenters. The van der Waals surface area contributed by atoms with Crippen LogP contribution in [0.25, 0.3) is 0 Å². The molecule has 1 rings (SSSR count). The minimum absolute atomic E-state index is 0.693. The second-order valence-electron chi connectivity index (χ2n) is 3.38. The third-order valence-electron chi connectivity index (χ3n) is 2.36. The molecule has 0 N–H and O–H groups in total. The highest BCUT2D eigenvalue weighted by molar-refractivity contribution is 5.40. The number of aryl methyl sites for hydroxylation is 2. The van der Waals surface area contributed by atoms with Crippen molar-refractivity contribution < 1.29 is 9.47 Å². The molecule has 0 aromatic heterocycles. The Morgan fingerprint density at radius 2 is 1.71 bits per heavy atom. The van der Waals surface area contributed by atoms with E-state index in [0.717, 1.165) is 12.4 Å². The van der Waals surface area contributed by atoms with Gasteiger partial charge >= 0.3 is 0 Å². The number of hydrogen-bond acceptors (Lipinski definition) is 2. The van der Waals surface area contributed by atoms with Gasteiger partial charge in [0, 0.05) is 6.61 Å². The molecule has 0 heterocycles. The van der Waals surface area contributed by atoms with Gasteiger partial charge in [-0.3, -0.25) is 0 Å². The summed E-state index contributed by atoms with van der Waals surface area (Å²) in [6, 6.07) is 4.09. The van der Waals surface area contributed by atoms with Gasteiger partial charge in [-0.05, 0) is 49.6 Å². The molecule has 14 heavy (non-hydrogen) atoms. The molecule has 1 aromatic carbocycles. The monoisotopic (exact) mass is 194 g/mol. The minimum Gasteiger partial charge on any atom is -0.497 e. The van der Waals surface area contributed by atoms with Gasteiger partial charge < -0.3 is 9.47 Å². The zero-order valence-electron chi connectivity index (χ0n) is 9.39. The first kappa shape index (κ1) is 11.1. The Morgan fingerprint density at radius 3 is 2.14 bits per heavy atom. The third kappa shape index (κ3) is 2.48. The van der Waals surface area contributed by atoms with Crippen LogP contribution in [0.15, 0.2) is 12.1 Å². The molecule has 2 nitrogen and oxygen atoms in total. The van der Waals surface area contributed by atoms with Crippen LogP contribution >= 0.6 is 0 Å². The average Bonchev–Trinajstić information content (AvgIpc) is 2.16. The molecule has 2 heteroatoms. The number of rotatable bonds is 4. The van der Waals surface area contributed by atoms with E-state index in [0.29, 0.717) is 6.61 Å². The highest BCUT2D eigenvalue weighted by atomic mass is 16.5. The molecular weight excluding hydrogens is 176 g/mol. The molecule has 0 aliphatic heterocycles. The number of methoxy groups -OCH3 is 1. The van der Waals surface area contributed by atoms with Gasteiger partial charge in [-0.25, -0.2) is 0 Å². The Labute approximate surface area is 85.8 Å². The lowest BCUT2D eigenvalue weighted by molar-refractivity contribution is 0.133. The third-order valence-corrected chi connectivity index (χ3v) is 2.36. The van der Waals surface area contributed by atoms with Crippen molar-refractivity contribution in [3.8, 4) is 5.75 Å². The van der Waals surface area contributed by atoms with E-state index >= 15 is 0 Å². The maximum atomic E-state index is 5.41. The van der Waals surface area contributed by atoms with Gasteiger partial charge in [0.25, 0.3) is 0 Å². The van der Waals surface area contributed by atoms with Crippen molar-refractivity contribution in [1.82, 2.24) is 0 Å². The van der Waals surface area contributed by atoms with Crippen molar-refractivity contribution >= 4 is 0 Å². The standard InChI is InChI=1S/C12H18O2/c1-5-14-8-12-9(2)6-11(13-4)7-10(12)3/h6-7H,5,8H2,1-4H3. The summed E-state index contributed by atoms with van der Waals surface area (Å²) < 4.78 is 10.6. The first-order chi connectivity index (χ1) is 6.69. The summed E-state index contributed by atoms with van der Waals surface area (Å²) in [6.45, 7) is 7.63. The van der Waals surface area contributed by atoms with Crippen LogP contribution in [0.2, 0.25) is 0 Å². The number of benzene rings is 1. The van der Waals surface area contributed by atoms with Gasteiger partial charge in [0.1, 0.15) is 5.75 Å². The molecule has 1 aromatic rings. The summed E-state index contributed by atoms with van der Waals surface area (Å²) >= 11 is 0. The Hall–Kier alpha value is -1.02. The molecule has 0 atom stereocenters. The van der Waals surface area contributed by atoms with E-state index in [1.807, 2.05) is 19.1 Å². The van der Waals surface area contributed by atoms with Crippen molar-refractivity contribution in [2.24, 2.45) is 0 Å². The van der Waals surface area contributed by atoms with Crippen LogP contribution in [0, 0.1) is 13.8 Å². The molecular formula is C12H18O2. The minimum atomic E-state index is 0.693. The highest BCUT2D eigenvalue weighted by Gasteiger charge is 2.04. The van der Waals surface area contributed by atoms with Gasteiger partial charge in [0.15, 0.2) is 0 Å². The summed E-state index contributed by atoms with van der Waals surface area (Å²) in [6.07, 6.45) is 0. The van der Waals surface area contributed by atoms with E-state index in [4.69, 9.17) is 9.47 Å². The molecule has 0 fully saturated rings. The lowest BCUT2D eigenvalue weighted by Crippen LogP contribution is -1.99. The normalized spacial score (nSPS) is 10.3. The quantitative estimate of drug-likeness (QED) is 0.733. The van der Waals surface area contributed by atoms with Crippen LogP contribution in [0.4, 0.5) is 0 Å². The van der Waals surface area contributed by atoms with Gasteiger partial charge in [-0.1, -0.05) is 0 Å². The van der Waals surface area contributed by atoms with Crippen LogP contribution in [0.1, 0.15) is 23.6 Å². The molecule has 0 saturated carbocycles. The van der Waals surface area contributed by atoms with E-state index in [1.54, 1.807) is 7.11 Å². The van der Waals surface area contributed by atoms with Crippen molar-refractivity contribution in [3.63, 3.8) is 0 Å². The Morgan fingerprint density at radius 1 is 1.14 bits per heavy atom. The van der Waals surface area contributed by atoms with E-state index < -0.39 is 0 Å². The molecule has 0 bridgehead atoms. The molecule has 0 aliphatic rings. The van der Waals surface area contributed by atoms with E-state index in [2.05, 4.69) is 13.8 Å². The van der Waals surface area contributed by atoms with Gasteiger partial charge in [-0.2, -0.15) is 0 Å². The van der Waals surface area contributed by atoms with E-state index in [9.17, 15) is 0 Å². The second kappa shape index (κ2) is 5.01. The Balaban J connectivity index is 2.93. The van der Waals surface area contributed by atoms with Crippen LogP contribution in [0.5, 0.6) is 5.75 Å². The Kier molecular flexibility index (Phi) is 3.96. The summed E-state index contributed by atoms with van der Waals surface area (Å²) in [5.41, 5.74) is 3.73. The summed E-state index contributed by atoms with van der Waals surface area (Å²) in [5, 5.41) is 0. The predicted molar refractivity (Wildman–Crippen MR) is 57.8 cm³/mol. The fourth-order valence-electron chi connectivity index (χ4n) is 1.50. The van der Waals surface area contributed by atoms with Gasteiger partial charge in [0.2, 0.25) is 0 Å². The number of hydrogen-bond donors (Lipinski definition) is 0. The second-order valence-corrected chi connectivity index (χ2v) is 3.38. The fourth-order valence-corrected chi connectivity index (χ4v) is 1.50. The predicted octanol–water partition coefficient (Wildman–Crippen LogP) is 2.85. The van der Waals surface area contributed by atoms with Crippen LogP contribution < -0.4 is 4.74 Å². The van der Waals surface area contributed by atoms with Crippen molar-refractivity contribution in [2.75, 3.05) is 13.7 Å². The molecule has 0 aliphatic carbocycles. The molecule has 0 spiro atoms. The zero-order valence-corrected chi connectivity index (χ0v) is 9.39. The number of ether oxygens (including phenoxy) is 2. The van der Waals surface area contributed by atoms with Crippen molar-refractivity contribution in [1.29, 1.82) is 0 Å². The molecule has 0 radical (unpaired) electrons. The van der Waals surface area contributed by atoms with Crippen LogP contribution in [-0.4, -0.2) is 13.7 Å². The SMILES string of the molecule is CCOCc1c(C)cc(OC)cc1C. The maximum Gasteiger partial charge on any atom is 0.119 e. The first-order valence-electron chi connectivity index (χ1n) is 4.91. The topological polar surface area (TPSA) is 18.5 Å². The van der Waals surface area contributed by atoms with E-state index in [-0.39, 0.29) is 0 Å². The smallest absolute Gasteiger partial charge is 0.119 e. The summed E-state index contributed by atoms with van der Waals surface area (Å²) in [5.74, 6) is 0.917. The Bertz CT molecular complexity index is 282. The first-order valence-corrected chi connectivity index (χ1v) is 4.91. The zero-order chi connectivity index (χ0) is 10.6. The van der Waals surface area contributed by atoms with Crippen molar-refractivity contribution in [3.05, 3.63) is 28.8 Å². The maximum absolute atomic E-state index is 5.41. The summed E-state index contributed by atoms with van der Waals surface area (Å²) in [7, 11) is 1.69. The lowest BCUT2D eigenvalue weighted by Gasteiger charge is -2.11. The lowest BCUT2D eigenvalue weighted by atomic mass is 10.0.